The van der Waals surface area contributed by atoms with Gasteiger partial charge in [-0.05, 0) is 6.42 Å². The van der Waals surface area contributed by atoms with E-state index in [2.05, 4.69) is 4.74 Å². The minimum absolute atomic E-state index is 0.0894. The van der Waals surface area contributed by atoms with Gasteiger partial charge in [0.25, 0.3) is 0 Å². The van der Waals surface area contributed by atoms with Crippen LogP contribution < -0.4 is 0 Å². The maximum absolute atomic E-state index is 11.5. The highest BCUT2D eigenvalue weighted by atomic mass is 19.4. The van der Waals surface area contributed by atoms with Gasteiger partial charge in [-0.15, -0.1) is 0 Å². The molecule has 1 atom stereocenters. The summed E-state index contributed by atoms with van der Waals surface area (Å²) >= 11 is 0. The summed E-state index contributed by atoms with van der Waals surface area (Å²) in [6.45, 7) is -4.05. The van der Waals surface area contributed by atoms with Gasteiger partial charge in [-0.25, -0.2) is 0 Å². The molecule has 5 heteroatoms. The summed E-state index contributed by atoms with van der Waals surface area (Å²) in [6, 6.07) is 0. The Balaban J connectivity index is 2.03. The molecule has 0 aromatic rings. The summed E-state index contributed by atoms with van der Waals surface area (Å²) in [7, 11) is 0. The van der Waals surface area contributed by atoms with Crippen LogP contribution in [0, 0.1) is 0 Å². The molecule has 1 fully saturated rings. The highest BCUT2D eigenvalue weighted by Gasteiger charge is 2.29. The predicted octanol–water partition coefficient (Wildman–Crippen LogP) is 1.62. The zero-order valence-electron chi connectivity index (χ0n) is 4.82. The van der Waals surface area contributed by atoms with Crippen LogP contribution >= 0.6 is 0 Å². The highest BCUT2D eigenvalue weighted by Crippen LogP contribution is 2.23. The number of hydrogen-bond acceptors (Lipinski definition) is 1. The Morgan fingerprint density at radius 1 is 1.44 bits per heavy atom. The van der Waals surface area contributed by atoms with Crippen LogP contribution in [0.3, 0.4) is 0 Å². The zero-order chi connectivity index (χ0) is 6.91. The molecule has 9 heavy (non-hydrogen) atoms. The van der Waals surface area contributed by atoms with Gasteiger partial charge in [0.05, 0.1) is 12.7 Å². The van der Waals surface area contributed by atoms with Gasteiger partial charge in [0.1, 0.15) is 0 Å². The third-order valence-corrected chi connectivity index (χ3v) is 1.22. The second-order valence-electron chi connectivity index (χ2n) is 2.24. The normalized spacial score (nSPS) is 26.3. The Bertz CT molecular complexity index is 98.5. The fourth-order valence-electron chi connectivity index (χ4n) is 0.610. The van der Waals surface area contributed by atoms with Gasteiger partial charge in [-0.2, -0.15) is 0 Å². The molecule has 1 nitrogen and oxygen atoms in total. The van der Waals surface area contributed by atoms with Crippen molar-refractivity contribution < 1.29 is 17.7 Å². The van der Waals surface area contributed by atoms with E-state index in [1.807, 2.05) is 0 Å². The fraction of sp³-hybridized carbons (Fsp3) is 1.00. The molecular weight excluding hydrogens is 132 g/mol. The van der Waals surface area contributed by atoms with Crippen molar-refractivity contribution in [2.24, 2.45) is 0 Å². The lowest BCUT2D eigenvalue weighted by atomic mass is 9.84. The fourth-order valence-corrected chi connectivity index (χ4v) is 0.610. The molecule has 0 radical (unpaired) electrons. The van der Waals surface area contributed by atoms with E-state index in [1.165, 1.54) is 0 Å². The third kappa shape index (κ3) is 3.40. The van der Waals surface area contributed by atoms with Gasteiger partial charge in [-0.1, -0.05) is 6.32 Å². The second-order valence-corrected chi connectivity index (χ2v) is 2.24. The molecule has 0 aromatic heterocycles. The molecular formula is C4H7BF3O-. The standard InChI is InChI=1S/C4H7BF3O/c6-5(7,8)2-1-4-3-9-4/h4H,1-3H2/q-1/t4-/m1/s1. The Hall–Kier alpha value is -0.185. The van der Waals surface area contributed by atoms with Gasteiger partial charge in [0.2, 0.25) is 0 Å². The van der Waals surface area contributed by atoms with Crippen molar-refractivity contribution in [1.29, 1.82) is 0 Å². The summed E-state index contributed by atoms with van der Waals surface area (Å²) < 4.78 is 39.0. The van der Waals surface area contributed by atoms with Crippen molar-refractivity contribution in [2.75, 3.05) is 6.61 Å². The van der Waals surface area contributed by atoms with Gasteiger partial charge >= 0.3 is 6.98 Å². The van der Waals surface area contributed by atoms with Gasteiger partial charge in [-0.3, -0.25) is 0 Å². The first-order valence-corrected chi connectivity index (χ1v) is 2.90. The lowest BCUT2D eigenvalue weighted by Crippen LogP contribution is -2.14. The molecule has 1 heterocycles. The monoisotopic (exact) mass is 139 g/mol. The average molecular weight is 139 g/mol. The molecule has 1 aliphatic heterocycles. The van der Waals surface area contributed by atoms with Crippen LogP contribution in [0.25, 0.3) is 0 Å². The first kappa shape index (κ1) is 6.93. The summed E-state index contributed by atoms with van der Waals surface area (Å²) in [5.41, 5.74) is 0. The molecule has 0 saturated carbocycles. The van der Waals surface area contributed by atoms with Crippen molar-refractivity contribution in [3.8, 4) is 0 Å². The number of ether oxygens (including phenoxy) is 1. The Labute approximate surface area is 51.2 Å². The van der Waals surface area contributed by atoms with E-state index in [4.69, 9.17) is 0 Å². The topological polar surface area (TPSA) is 12.5 Å². The maximum atomic E-state index is 11.5. The van der Waals surface area contributed by atoms with Crippen LogP contribution in [-0.2, 0) is 4.74 Å². The smallest absolute Gasteiger partial charge is 0.449 e. The molecule has 0 bridgehead atoms. The van der Waals surface area contributed by atoms with Crippen LogP contribution in [-0.4, -0.2) is 19.7 Å². The van der Waals surface area contributed by atoms with E-state index >= 15 is 0 Å². The molecule has 0 amide bonds. The minimum atomic E-state index is -4.57. The summed E-state index contributed by atoms with van der Waals surface area (Å²) in [5.74, 6) is 0. The quantitative estimate of drug-likeness (QED) is 0.427. The third-order valence-electron chi connectivity index (χ3n) is 1.22. The van der Waals surface area contributed by atoms with Crippen molar-refractivity contribution in [2.45, 2.75) is 18.8 Å². The maximum Gasteiger partial charge on any atom is 0.478 e. The lowest BCUT2D eigenvalue weighted by molar-refractivity contribution is 0.389. The Kier molecular flexibility index (Phi) is 1.70. The van der Waals surface area contributed by atoms with Crippen molar-refractivity contribution in [3.63, 3.8) is 0 Å². The SMILES string of the molecule is F[B-](F)(F)CC[C@@H]1CO1. The Morgan fingerprint density at radius 2 is 2.00 bits per heavy atom. The molecule has 0 N–H and O–H groups in total. The van der Waals surface area contributed by atoms with Gasteiger partial charge < -0.3 is 17.7 Å². The van der Waals surface area contributed by atoms with Gasteiger partial charge in [0, 0.05) is 0 Å². The predicted molar refractivity (Wildman–Crippen MR) is 28.2 cm³/mol. The molecule has 0 aromatic carbocycles. The summed E-state index contributed by atoms with van der Waals surface area (Å²) in [5, 5.41) is 0. The first-order valence-electron chi connectivity index (χ1n) is 2.90. The summed E-state index contributed by atoms with van der Waals surface area (Å²) in [4.78, 5) is 0. The molecule has 1 aliphatic rings. The van der Waals surface area contributed by atoms with Gasteiger partial charge in [0.15, 0.2) is 0 Å². The molecule has 54 valence electrons. The van der Waals surface area contributed by atoms with Crippen LogP contribution in [0.2, 0.25) is 6.32 Å². The van der Waals surface area contributed by atoms with Crippen LogP contribution in [0.1, 0.15) is 6.42 Å². The number of rotatable bonds is 3. The van der Waals surface area contributed by atoms with Crippen LogP contribution in [0.15, 0.2) is 0 Å². The molecule has 0 spiro atoms. The molecule has 1 rings (SSSR count). The van der Waals surface area contributed by atoms with Crippen LogP contribution in [0.5, 0.6) is 0 Å². The minimum Gasteiger partial charge on any atom is -0.449 e. The van der Waals surface area contributed by atoms with Crippen molar-refractivity contribution in [3.05, 3.63) is 0 Å². The molecule has 0 unspecified atom stereocenters. The molecule has 0 aliphatic carbocycles. The number of epoxide rings is 1. The molecule has 1 saturated heterocycles. The number of hydrogen-bond donors (Lipinski definition) is 0. The van der Waals surface area contributed by atoms with E-state index < -0.39 is 13.3 Å². The van der Waals surface area contributed by atoms with E-state index in [0.29, 0.717) is 6.61 Å². The number of halogens is 3. The largest absolute Gasteiger partial charge is 0.478 e. The summed E-state index contributed by atoms with van der Waals surface area (Å²) in [6.07, 6.45) is -0.581. The van der Waals surface area contributed by atoms with Crippen molar-refractivity contribution >= 4 is 6.98 Å². The van der Waals surface area contributed by atoms with E-state index in [9.17, 15) is 12.9 Å². The Morgan fingerprint density at radius 3 is 2.33 bits per heavy atom. The van der Waals surface area contributed by atoms with E-state index in [1.54, 1.807) is 0 Å². The average Bonchev–Trinajstić information content (AvgIpc) is 2.38. The van der Waals surface area contributed by atoms with E-state index in [0.717, 1.165) is 0 Å². The highest BCUT2D eigenvalue weighted by molar-refractivity contribution is 6.58. The zero-order valence-corrected chi connectivity index (χ0v) is 4.82. The first-order chi connectivity index (χ1) is 4.08. The van der Waals surface area contributed by atoms with E-state index in [-0.39, 0.29) is 12.5 Å². The van der Waals surface area contributed by atoms with Crippen LogP contribution in [0.4, 0.5) is 12.9 Å². The lowest BCUT2D eigenvalue weighted by Gasteiger charge is -2.10. The second kappa shape index (κ2) is 2.21. The van der Waals surface area contributed by atoms with Crippen molar-refractivity contribution in [1.82, 2.24) is 0 Å².